The van der Waals surface area contributed by atoms with Crippen LogP contribution in [-0.2, 0) is 0 Å². The lowest BCUT2D eigenvalue weighted by atomic mass is 10.1. The summed E-state index contributed by atoms with van der Waals surface area (Å²) in [5, 5.41) is 0.140. The van der Waals surface area contributed by atoms with Crippen molar-refractivity contribution in [1.29, 1.82) is 0 Å². The second kappa shape index (κ2) is 5.81. The van der Waals surface area contributed by atoms with Crippen molar-refractivity contribution >= 4 is 22.9 Å². The third-order valence-electron chi connectivity index (χ3n) is 3.62. The molecule has 0 aliphatic heterocycles. The van der Waals surface area contributed by atoms with E-state index in [0.29, 0.717) is 5.56 Å². The number of aromatic amines is 1. The Balaban J connectivity index is 2.70. The second-order valence-corrected chi connectivity index (χ2v) is 7.37. The first-order chi connectivity index (χ1) is 9.73. The molecule has 21 heavy (non-hydrogen) atoms. The van der Waals surface area contributed by atoms with E-state index in [1.165, 1.54) is 4.57 Å². The third-order valence-corrected chi connectivity index (χ3v) is 4.90. The highest BCUT2D eigenvalue weighted by Gasteiger charge is 2.21. The topological polar surface area (TPSA) is 54.9 Å². The molecule has 0 fully saturated rings. The van der Waals surface area contributed by atoms with Gasteiger partial charge in [-0.25, -0.2) is 4.79 Å². The van der Waals surface area contributed by atoms with E-state index >= 15 is 0 Å². The van der Waals surface area contributed by atoms with Crippen molar-refractivity contribution in [3.63, 3.8) is 0 Å². The smallest absolute Gasteiger partial charge is 0.297 e. The molecular weight excluding hydrogens is 308 g/mol. The zero-order valence-corrected chi connectivity index (χ0v) is 14.4. The Morgan fingerprint density at radius 3 is 2.33 bits per heavy atom. The van der Waals surface area contributed by atoms with Gasteiger partial charge in [-0.3, -0.25) is 14.3 Å². The Labute approximate surface area is 132 Å². The largest absolute Gasteiger partial charge is 0.330 e. The fourth-order valence-corrected chi connectivity index (χ4v) is 3.99. The molecule has 0 amide bonds. The zero-order chi connectivity index (χ0) is 15.9. The van der Waals surface area contributed by atoms with Crippen molar-refractivity contribution in [1.82, 2.24) is 9.55 Å². The molecule has 6 heteroatoms. The molecule has 1 atom stereocenters. The minimum atomic E-state index is -0.467. The molecule has 1 N–H and O–H groups in total. The quantitative estimate of drug-likeness (QED) is 0.876. The van der Waals surface area contributed by atoms with E-state index in [0.717, 1.165) is 15.3 Å². The molecule has 2 rings (SSSR count). The second-order valence-electron chi connectivity index (χ2n) is 5.53. The molecule has 1 unspecified atom stereocenters. The first-order valence-corrected chi connectivity index (χ1v) is 8.04. The molecule has 2 heterocycles. The standard InChI is InChI=1S/C15H19ClN2O2S/c1-7(2)12-13(16)17-15(20)18(14(12)19)9(4)11-6-8(3)21-10(11)5/h6-7,9H,1-5H3,(H,17,20). The Kier molecular flexibility index (Phi) is 4.44. The maximum Gasteiger partial charge on any atom is 0.330 e. The lowest BCUT2D eigenvalue weighted by molar-refractivity contribution is 0.565. The summed E-state index contributed by atoms with van der Waals surface area (Å²) < 4.78 is 1.26. The normalized spacial score (nSPS) is 12.9. The molecule has 0 radical (unpaired) electrons. The van der Waals surface area contributed by atoms with Gasteiger partial charge in [-0.1, -0.05) is 25.4 Å². The maximum absolute atomic E-state index is 12.6. The summed E-state index contributed by atoms with van der Waals surface area (Å²) in [6.07, 6.45) is 0. The van der Waals surface area contributed by atoms with Crippen LogP contribution in [0.2, 0.25) is 5.15 Å². The molecule has 0 saturated heterocycles. The molecule has 0 aliphatic rings. The maximum atomic E-state index is 12.6. The van der Waals surface area contributed by atoms with Crippen molar-refractivity contribution in [2.24, 2.45) is 0 Å². The zero-order valence-electron chi connectivity index (χ0n) is 12.8. The lowest BCUT2D eigenvalue weighted by Gasteiger charge is -2.17. The van der Waals surface area contributed by atoms with Crippen LogP contribution in [0.1, 0.15) is 53.6 Å². The van der Waals surface area contributed by atoms with E-state index in [9.17, 15) is 9.59 Å². The summed E-state index contributed by atoms with van der Waals surface area (Å²) in [5.74, 6) is -0.0504. The van der Waals surface area contributed by atoms with Crippen LogP contribution in [-0.4, -0.2) is 9.55 Å². The van der Waals surface area contributed by atoms with Crippen LogP contribution in [0.25, 0.3) is 0 Å². The average molecular weight is 327 g/mol. The number of hydrogen-bond acceptors (Lipinski definition) is 3. The third kappa shape index (κ3) is 2.85. The van der Waals surface area contributed by atoms with Crippen LogP contribution in [0.5, 0.6) is 0 Å². The average Bonchev–Trinajstić information content (AvgIpc) is 2.66. The summed E-state index contributed by atoms with van der Waals surface area (Å²) in [5.41, 5.74) is 0.675. The van der Waals surface area contributed by atoms with Crippen LogP contribution >= 0.6 is 22.9 Å². The Bertz CT molecular complexity index is 786. The Morgan fingerprint density at radius 2 is 1.86 bits per heavy atom. The minimum absolute atomic E-state index is 0.0504. The molecule has 2 aromatic heterocycles. The van der Waals surface area contributed by atoms with Crippen molar-refractivity contribution in [2.75, 3.05) is 0 Å². The summed E-state index contributed by atoms with van der Waals surface area (Å²) >= 11 is 7.68. The van der Waals surface area contributed by atoms with Crippen LogP contribution < -0.4 is 11.2 Å². The van der Waals surface area contributed by atoms with E-state index in [1.54, 1.807) is 11.3 Å². The SMILES string of the molecule is Cc1cc(C(C)n2c(=O)[nH]c(Cl)c(C(C)C)c2=O)c(C)s1. The molecule has 4 nitrogen and oxygen atoms in total. The molecule has 2 aromatic rings. The van der Waals surface area contributed by atoms with Crippen LogP contribution in [0.15, 0.2) is 15.7 Å². The summed E-state index contributed by atoms with van der Waals surface area (Å²) in [7, 11) is 0. The fraction of sp³-hybridized carbons (Fsp3) is 0.467. The van der Waals surface area contributed by atoms with Gasteiger partial charge in [0.15, 0.2) is 0 Å². The van der Waals surface area contributed by atoms with E-state index in [4.69, 9.17) is 11.6 Å². The number of nitrogens with zero attached hydrogens (tertiary/aromatic N) is 1. The van der Waals surface area contributed by atoms with Gasteiger partial charge >= 0.3 is 5.69 Å². The molecular formula is C15H19ClN2O2S. The molecule has 0 aromatic carbocycles. The molecule has 0 spiro atoms. The van der Waals surface area contributed by atoms with E-state index in [1.807, 2.05) is 40.7 Å². The molecule has 0 bridgehead atoms. The summed E-state index contributed by atoms with van der Waals surface area (Å²) in [6, 6.07) is 1.71. The number of thiophene rings is 1. The number of hydrogen-bond donors (Lipinski definition) is 1. The van der Waals surface area contributed by atoms with E-state index < -0.39 is 5.69 Å². The van der Waals surface area contributed by atoms with Crippen molar-refractivity contribution in [3.05, 3.63) is 52.9 Å². The van der Waals surface area contributed by atoms with Gasteiger partial charge < -0.3 is 0 Å². The van der Waals surface area contributed by atoms with Gasteiger partial charge in [0.1, 0.15) is 5.15 Å². The van der Waals surface area contributed by atoms with Crippen LogP contribution in [0, 0.1) is 13.8 Å². The summed E-state index contributed by atoms with van der Waals surface area (Å²) in [4.78, 5) is 29.7. The predicted octanol–water partition coefficient (Wildman–Crippen LogP) is 3.60. The van der Waals surface area contributed by atoms with Crippen LogP contribution in [0.4, 0.5) is 0 Å². The van der Waals surface area contributed by atoms with Gasteiger partial charge in [0.2, 0.25) is 0 Å². The highest BCUT2D eigenvalue weighted by Crippen LogP contribution is 2.27. The number of aromatic nitrogens is 2. The van der Waals surface area contributed by atoms with Crippen molar-refractivity contribution in [3.8, 4) is 0 Å². The lowest BCUT2D eigenvalue weighted by Crippen LogP contribution is -2.40. The van der Waals surface area contributed by atoms with E-state index in [-0.39, 0.29) is 22.7 Å². The van der Waals surface area contributed by atoms with Gasteiger partial charge in [-0.05, 0) is 38.3 Å². The molecule has 0 aliphatic carbocycles. The number of H-pyrrole nitrogens is 1. The van der Waals surface area contributed by atoms with Crippen molar-refractivity contribution in [2.45, 2.75) is 46.6 Å². The van der Waals surface area contributed by atoms with Crippen LogP contribution in [0.3, 0.4) is 0 Å². The Morgan fingerprint density at radius 1 is 1.24 bits per heavy atom. The number of nitrogens with one attached hydrogen (secondary N) is 1. The number of halogens is 1. The molecule has 0 saturated carbocycles. The first-order valence-electron chi connectivity index (χ1n) is 6.85. The predicted molar refractivity (Wildman–Crippen MR) is 88.0 cm³/mol. The number of rotatable bonds is 3. The monoisotopic (exact) mass is 326 g/mol. The van der Waals surface area contributed by atoms with Gasteiger partial charge in [0, 0.05) is 9.75 Å². The highest BCUT2D eigenvalue weighted by molar-refractivity contribution is 7.12. The van der Waals surface area contributed by atoms with Gasteiger partial charge in [-0.2, -0.15) is 0 Å². The highest BCUT2D eigenvalue weighted by atomic mass is 35.5. The Hall–Kier alpha value is -1.33. The van der Waals surface area contributed by atoms with Crippen molar-refractivity contribution < 1.29 is 0 Å². The van der Waals surface area contributed by atoms with E-state index in [2.05, 4.69) is 4.98 Å². The van der Waals surface area contributed by atoms with Gasteiger partial charge in [-0.15, -0.1) is 11.3 Å². The molecule has 114 valence electrons. The van der Waals surface area contributed by atoms with Gasteiger partial charge in [0.25, 0.3) is 5.56 Å². The number of aryl methyl sites for hydroxylation is 2. The first kappa shape index (κ1) is 16.0. The fourth-order valence-electron chi connectivity index (χ4n) is 2.59. The minimum Gasteiger partial charge on any atom is -0.297 e. The van der Waals surface area contributed by atoms with Gasteiger partial charge in [0.05, 0.1) is 11.6 Å². The summed E-state index contributed by atoms with van der Waals surface area (Å²) in [6.45, 7) is 9.65.